The SMILES string of the molecule is CCN=c1cc2ccccc3c(C(=O)OC)c[nH]n1c23. The third kappa shape index (κ3) is 1.79. The molecule has 0 saturated carbocycles. The Balaban J connectivity index is 2.52. The molecule has 0 aliphatic carbocycles. The summed E-state index contributed by atoms with van der Waals surface area (Å²) in [6, 6.07) is 9.79. The third-order valence-corrected chi connectivity index (χ3v) is 3.27. The van der Waals surface area contributed by atoms with Crippen molar-refractivity contribution in [2.75, 3.05) is 13.7 Å². The lowest BCUT2D eigenvalue weighted by Gasteiger charge is -2.05. The molecule has 0 spiro atoms. The first-order valence-electron chi connectivity index (χ1n) is 6.47. The molecule has 2 aromatic heterocycles. The highest BCUT2D eigenvalue weighted by molar-refractivity contribution is 6.07. The number of carbonyl (C=O) groups is 1. The fourth-order valence-electron chi connectivity index (χ4n) is 2.42. The molecule has 5 heteroatoms. The number of rotatable bonds is 2. The van der Waals surface area contributed by atoms with Crippen molar-refractivity contribution in [1.29, 1.82) is 0 Å². The van der Waals surface area contributed by atoms with Gasteiger partial charge in [0, 0.05) is 23.5 Å². The van der Waals surface area contributed by atoms with Crippen LogP contribution < -0.4 is 5.49 Å². The van der Waals surface area contributed by atoms with Gasteiger partial charge in [-0.05, 0) is 13.0 Å². The van der Waals surface area contributed by atoms with E-state index in [1.807, 2.05) is 41.8 Å². The monoisotopic (exact) mass is 269 g/mol. The Hall–Kier alpha value is -2.56. The average molecular weight is 269 g/mol. The lowest BCUT2D eigenvalue weighted by Crippen LogP contribution is -2.14. The van der Waals surface area contributed by atoms with Crippen LogP contribution in [0, 0.1) is 0 Å². The standard InChI is InChI=1S/C15H15N3O2/c1-3-16-13-8-10-6-4-5-7-11-12(15(19)20-2)9-17-18(13)14(10)11/h4-9,17H,3H2,1-2H3. The van der Waals surface area contributed by atoms with Crippen LogP contribution in [0.3, 0.4) is 0 Å². The summed E-state index contributed by atoms with van der Waals surface area (Å²) in [6.07, 6.45) is 1.66. The van der Waals surface area contributed by atoms with Gasteiger partial charge in [0.15, 0.2) is 0 Å². The molecule has 0 aliphatic heterocycles. The summed E-state index contributed by atoms with van der Waals surface area (Å²) >= 11 is 0. The summed E-state index contributed by atoms with van der Waals surface area (Å²) in [5.41, 5.74) is 2.29. The number of carbonyl (C=O) groups excluding carboxylic acids is 1. The quantitative estimate of drug-likeness (QED) is 0.724. The van der Waals surface area contributed by atoms with Gasteiger partial charge in [-0.1, -0.05) is 24.3 Å². The largest absolute Gasteiger partial charge is 0.465 e. The summed E-state index contributed by atoms with van der Waals surface area (Å²) in [5.74, 6) is -0.355. The number of aromatic nitrogens is 2. The number of hydrogen-bond donors (Lipinski definition) is 1. The first kappa shape index (κ1) is 12.5. The molecule has 0 saturated heterocycles. The molecule has 0 atom stereocenters. The van der Waals surface area contributed by atoms with E-state index in [9.17, 15) is 4.79 Å². The summed E-state index contributed by atoms with van der Waals surface area (Å²) in [7, 11) is 1.38. The van der Waals surface area contributed by atoms with Crippen molar-refractivity contribution in [2.24, 2.45) is 4.99 Å². The van der Waals surface area contributed by atoms with Crippen molar-refractivity contribution in [3.05, 3.63) is 47.6 Å². The van der Waals surface area contributed by atoms with Gasteiger partial charge in [-0.2, -0.15) is 0 Å². The molecule has 0 bridgehead atoms. The van der Waals surface area contributed by atoms with Gasteiger partial charge < -0.3 is 4.74 Å². The fraction of sp³-hybridized carbons (Fsp3) is 0.200. The van der Waals surface area contributed by atoms with E-state index in [1.165, 1.54) is 7.11 Å². The lowest BCUT2D eigenvalue weighted by atomic mass is 10.1. The van der Waals surface area contributed by atoms with Crippen molar-refractivity contribution in [3.8, 4) is 0 Å². The van der Waals surface area contributed by atoms with Crippen LogP contribution in [0.4, 0.5) is 0 Å². The van der Waals surface area contributed by atoms with Gasteiger partial charge in [0.05, 0.1) is 18.2 Å². The summed E-state index contributed by atoms with van der Waals surface area (Å²) in [4.78, 5) is 16.3. The van der Waals surface area contributed by atoms with E-state index in [4.69, 9.17) is 4.74 Å². The van der Waals surface area contributed by atoms with Gasteiger partial charge >= 0.3 is 5.97 Å². The van der Waals surface area contributed by atoms with Crippen LogP contribution in [0.2, 0.25) is 0 Å². The van der Waals surface area contributed by atoms with Crippen molar-refractivity contribution >= 4 is 22.3 Å². The maximum atomic E-state index is 11.9. The molecular weight excluding hydrogens is 254 g/mol. The van der Waals surface area contributed by atoms with Crippen LogP contribution in [0.5, 0.6) is 0 Å². The minimum Gasteiger partial charge on any atom is -0.465 e. The van der Waals surface area contributed by atoms with Gasteiger partial charge in [0.2, 0.25) is 0 Å². The molecule has 3 rings (SSSR count). The Morgan fingerprint density at radius 3 is 2.95 bits per heavy atom. The zero-order valence-electron chi connectivity index (χ0n) is 11.4. The maximum absolute atomic E-state index is 11.9. The third-order valence-electron chi connectivity index (χ3n) is 3.27. The topological polar surface area (TPSA) is 58.9 Å². The van der Waals surface area contributed by atoms with E-state index in [2.05, 4.69) is 10.1 Å². The Labute approximate surface area is 115 Å². The van der Waals surface area contributed by atoms with E-state index in [0.29, 0.717) is 12.1 Å². The van der Waals surface area contributed by atoms with Gasteiger partial charge in [-0.15, -0.1) is 0 Å². The molecule has 0 fully saturated rings. The number of aromatic amines is 1. The summed E-state index contributed by atoms with van der Waals surface area (Å²) < 4.78 is 6.73. The normalized spacial score (nSPS) is 12.2. The minimum atomic E-state index is -0.355. The van der Waals surface area contributed by atoms with E-state index in [1.54, 1.807) is 6.20 Å². The Morgan fingerprint density at radius 2 is 2.20 bits per heavy atom. The summed E-state index contributed by atoms with van der Waals surface area (Å²) in [5, 5.41) is 4.97. The number of methoxy groups -OCH3 is 1. The first-order chi connectivity index (χ1) is 9.76. The number of nitrogens with one attached hydrogen (secondary N) is 1. The Morgan fingerprint density at radius 1 is 1.40 bits per heavy atom. The molecule has 1 aromatic carbocycles. The van der Waals surface area contributed by atoms with E-state index >= 15 is 0 Å². The molecule has 1 N–H and O–H groups in total. The molecule has 20 heavy (non-hydrogen) atoms. The second-order valence-corrected chi connectivity index (χ2v) is 4.43. The van der Waals surface area contributed by atoms with E-state index in [-0.39, 0.29) is 5.97 Å². The highest BCUT2D eigenvalue weighted by atomic mass is 16.5. The second-order valence-electron chi connectivity index (χ2n) is 4.43. The Bertz CT molecular complexity index is 858. The van der Waals surface area contributed by atoms with Gasteiger partial charge in [0.25, 0.3) is 0 Å². The molecule has 0 radical (unpaired) electrons. The van der Waals surface area contributed by atoms with E-state index in [0.717, 1.165) is 21.8 Å². The highest BCUT2D eigenvalue weighted by Gasteiger charge is 2.14. The van der Waals surface area contributed by atoms with Crippen LogP contribution in [0.1, 0.15) is 17.3 Å². The van der Waals surface area contributed by atoms with Crippen molar-refractivity contribution in [3.63, 3.8) is 0 Å². The van der Waals surface area contributed by atoms with Crippen LogP contribution in [-0.2, 0) is 4.74 Å². The van der Waals surface area contributed by atoms with Crippen molar-refractivity contribution < 1.29 is 9.53 Å². The van der Waals surface area contributed by atoms with Crippen LogP contribution in [0.25, 0.3) is 16.3 Å². The number of ether oxygens (including phenoxy) is 1. The number of hydrogen-bond acceptors (Lipinski definition) is 3. The van der Waals surface area contributed by atoms with Crippen molar-refractivity contribution in [2.45, 2.75) is 6.92 Å². The van der Waals surface area contributed by atoms with Gasteiger partial charge in [-0.25, -0.2) is 9.31 Å². The molecule has 0 aliphatic rings. The molecule has 5 nitrogen and oxygen atoms in total. The maximum Gasteiger partial charge on any atom is 0.340 e. The summed E-state index contributed by atoms with van der Waals surface area (Å²) in [6.45, 7) is 2.69. The molecule has 2 heterocycles. The predicted molar refractivity (Wildman–Crippen MR) is 76.7 cm³/mol. The van der Waals surface area contributed by atoms with Crippen LogP contribution >= 0.6 is 0 Å². The fourth-order valence-corrected chi connectivity index (χ4v) is 2.42. The smallest absolute Gasteiger partial charge is 0.340 e. The zero-order chi connectivity index (χ0) is 14.1. The van der Waals surface area contributed by atoms with Gasteiger partial charge in [-0.3, -0.25) is 10.1 Å². The predicted octanol–water partition coefficient (Wildman–Crippen LogP) is 2.13. The average Bonchev–Trinajstić information content (AvgIpc) is 2.67. The lowest BCUT2D eigenvalue weighted by molar-refractivity contribution is 0.0602. The van der Waals surface area contributed by atoms with Gasteiger partial charge in [0.1, 0.15) is 5.49 Å². The molecule has 3 aromatic rings. The zero-order valence-corrected chi connectivity index (χ0v) is 11.4. The highest BCUT2D eigenvalue weighted by Crippen LogP contribution is 2.21. The second kappa shape index (κ2) is 4.85. The van der Waals surface area contributed by atoms with Crippen LogP contribution in [0.15, 0.2) is 41.5 Å². The molecule has 0 amide bonds. The van der Waals surface area contributed by atoms with Crippen LogP contribution in [-0.4, -0.2) is 29.2 Å². The first-order valence-corrected chi connectivity index (χ1v) is 6.47. The molecule has 0 unspecified atom stereocenters. The number of esters is 1. The van der Waals surface area contributed by atoms with E-state index < -0.39 is 0 Å². The number of H-pyrrole nitrogens is 1. The Kier molecular flexibility index (Phi) is 3.02. The number of nitrogens with zero attached hydrogens (tertiary/aromatic N) is 2. The minimum absolute atomic E-state index is 0.355. The molecular formula is C15H15N3O2. The molecule has 102 valence electrons. The van der Waals surface area contributed by atoms with Crippen molar-refractivity contribution in [1.82, 2.24) is 9.61 Å².